The fraction of sp³-hybridized carbons (Fsp3) is 0. The third-order valence-corrected chi connectivity index (χ3v) is 3.99. The average Bonchev–Trinajstić information content (AvgIpc) is 2.48. The molecule has 96 valence electrons. The zero-order valence-electron chi connectivity index (χ0n) is 10.5. The number of nitriles is 1. The number of hydrogen-bond acceptors (Lipinski definition) is 3. The van der Waals surface area contributed by atoms with Gasteiger partial charge in [-0.1, -0.05) is 36.4 Å². The summed E-state index contributed by atoms with van der Waals surface area (Å²) in [5.74, 6) is 0.249. The molecule has 3 nitrogen and oxygen atoms in total. The van der Waals surface area contributed by atoms with Crippen LogP contribution >= 0.6 is 15.9 Å². The molecule has 0 aliphatic carbocycles. The van der Waals surface area contributed by atoms with Crippen LogP contribution in [-0.2, 0) is 0 Å². The fourth-order valence-corrected chi connectivity index (χ4v) is 2.77. The van der Waals surface area contributed by atoms with Gasteiger partial charge in [-0.2, -0.15) is 5.26 Å². The molecule has 4 heteroatoms. The summed E-state index contributed by atoms with van der Waals surface area (Å²) >= 11 is 3.46. The minimum absolute atomic E-state index is 0.249. The van der Waals surface area contributed by atoms with E-state index in [0.29, 0.717) is 10.0 Å². The third-order valence-electron chi connectivity index (χ3n) is 3.17. The van der Waals surface area contributed by atoms with E-state index in [4.69, 9.17) is 11.0 Å². The van der Waals surface area contributed by atoms with Gasteiger partial charge in [0.15, 0.2) is 0 Å². The maximum Gasteiger partial charge on any atom is 0.143 e. The summed E-state index contributed by atoms with van der Waals surface area (Å²) in [5.41, 5.74) is 9.13. The number of anilines is 1. The molecule has 0 atom stereocenters. The van der Waals surface area contributed by atoms with Crippen LogP contribution in [0.15, 0.2) is 53.0 Å². The highest BCUT2D eigenvalue weighted by molar-refractivity contribution is 9.10. The topological polar surface area (TPSA) is 62.7 Å². The van der Waals surface area contributed by atoms with Crippen LogP contribution in [0, 0.1) is 11.3 Å². The molecule has 0 aliphatic heterocycles. The number of rotatable bonds is 1. The summed E-state index contributed by atoms with van der Waals surface area (Å²) in [6, 6.07) is 18.1. The van der Waals surface area contributed by atoms with Crippen molar-refractivity contribution in [1.82, 2.24) is 4.98 Å². The Kier molecular flexibility index (Phi) is 3.13. The highest BCUT2D eigenvalue weighted by Crippen LogP contribution is 2.32. The smallest absolute Gasteiger partial charge is 0.143 e. The lowest BCUT2D eigenvalue weighted by molar-refractivity contribution is 1.36. The molecular formula is C16H10BrN3. The van der Waals surface area contributed by atoms with E-state index in [-0.39, 0.29) is 5.82 Å². The number of halogens is 1. The van der Waals surface area contributed by atoms with Crippen LogP contribution in [-0.4, -0.2) is 4.98 Å². The number of benzene rings is 2. The van der Waals surface area contributed by atoms with Gasteiger partial charge in [0, 0.05) is 9.86 Å². The second kappa shape index (κ2) is 4.95. The van der Waals surface area contributed by atoms with Crippen LogP contribution < -0.4 is 5.73 Å². The standard InChI is InChI=1S/C16H10BrN3/c17-15-12-8-11(10-4-2-1-3-5-10)6-7-14(12)20-16(19)13(15)9-18/h1-8H,(H2,19,20). The molecule has 0 aliphatic rings. The Balaban J connectivity index is 2.29. The molecule has 0 unspecified atom stereocenters. The SMILES string of the molecule is N#Cc1c(N)nc2ccc(-c3ccccc3)cc2c1Br. The molecule has 0 spiro atoms. The zero-order valence-corrected chi connectivity index (χ0v) is 12.1. The predicted molar refractivity (Wildman–Crippen MR) is 84.0 cm³/mol. The van der Waals surface area contributed by atoms with Gasteiger partial charge in [-0.15, -0.1) is 0 Å². The molecule has 2 aromatic carbocycles. The van der Waals surface area contributed by atoms with Crippen molar-refractivity contribution in [3.05, 3.63) is 58.6 Å². The van der Waals surface area contributed by atoms with Crippen LogP contribution in [0.5, 0.6) is 0 Å². The molecule has 0 bridgehead atoms. The number of nitrogens with zero attached hydrogens (tertiary/aromatic N) is 2. The number of fused-ring (bicyclic) bond motifs is 1. The second-order valence-corrected chi connectivity index (χ2v) is 5.19. The Morgan fingerprint density at radius 1 is 1.05 bits per heavy atom. The van der Waals surface area contributed by atoms with Gasteiger partial charge in [-0.25, -0.2) is 4.98 Å². The van der Waals surface area contributed by atoms with E-state index in [1.54, 1.807) is 0 Å². The summed E-state index contributed by atoms with van der Waals surface area (Å²) in [6.07, 6.45) is 0. The van der Waals surface area contributed by atoms with E-state index in [0.717, 1.165) is 22.0 Å². The monoisotopic (exact) mass is 323 g/mol. The molecular weight excluding hydrogens is 314 g/mol. The van der Waals surface area contributed by atoms with E-state index in [1.807, 2.05) is 48.5 Å². The van der Waals surface area contributed by atoms with Crippen LogP contribution in [0.25, 0.3) is 22.0 Å². The van der Waals surface area contributed by atoms with Crippen LogP contribution in [0.1, 0.15) is 5.56 Å². The van der Waals surface area contributed by atoms with Crippen molar-refractivity contribution in [1.29, 1.82) is 5.26 Å². The minimum Gasteiger partial charge on any atom is -0.383 e. The Morgan fingerprint density at radius 3 is 2.50 bits per heavy atom. The Morgan fingerprint density at radius 2 is 1.80 bits per heavy atom. The van der Waals surface area contributed by atoms with E-state index in [9.17, 15) is 0 Å². The minimum atomic E-state index is 0.249. The van der Waals surface area contributed by atoms with Crippen molar-refractivity contribution in [3.63, 3.8) is 0 Å². The first kappa shape index (κ1) is 12.6. The lowest BCUT2D eigenvalue weighted by Gasteiger charge is -2.08. The van der Waals surface area contributed by atoms with Crippen molar-refractivity contribution in [2.45, 2.75) is 0 Å². The lowest BCUT2D eigenvalue weighted by atomic mass is 10.0. The predicted octanol–water partition coefficient (Wildman–Crippen LogP) is 4.12. The molecule has 20 heavy (non-hydrogen) atoms. The molecule has 0 saturated carbocycles. The Labute approximate surface area is 124 Å². The number of nitrogens with two attached hydrogens (primary N) is 1. The van der Waals surface area contributed by atoms with E-state index < -0.39 is 0 Å². The van der Waals surface area contributed by atoms with Gasteiger partial charge >= 0.3 is 0 Å². The van der Waals surface area contributed by atoms with Crippen molar-refractivity contribution < 1.29 is 0 Å². The van der Waals surface area contributed by atoms with Crippen molar-refractivity contribution in [2.75, 3.05) is 5.73 Å². The summed E-state index contributed by atoms with van der Waals surface area (Å²) < 4.78 is 0.695. The molecule has 0 amide bonds. The molecule has 1 heterocycles. The molecule has 0 radical (unpaired) electrons. The fourth-order valence-electron chi connectivity index (χ4n) is 2.16. The van der Waals surface area contributed by atoms with Gasteiger partial charge in [-0.05, 0) is 39.2 Å². The first-order valence-corrected chi connectivity index (χ1v) is 6.84. The van der Waals surface area contributed by atoms with E-state index in [2.05, 4.69) is 27.0 Å². The average molecular weight is 324 g/mol. The third kappa shape index (κ3) is 2.02. The van der Waals surface area contributed by atoms with Crippen molar-refractivity contribution in [3.8, 4) is 17.2 Å². The molecule has 0 fully saturated rings. The van der Waals surface area contributed by atoms with Gasteiger partial charge in [0.05, 0.1) is 5.52 Å². The number of hydrogen-bond donors (Lipinski definition) is 1. The van der Waals surface area contributed by atoms with Crippen molar-refractivity contribution >= 4 is 32.7 Å². The first-order valence-electron chi connectivity index (χ1n) is 6.05. The molecule has 3 aromatic rings. The van der Waals surface area contributed by atoms with E-state index in [1.165, 1.54) is 0 Å². The molecule has 1 aromatic heterocycles. The summed E-state index contributed by atoms with van der Waals surface area (Å²) in [7, 11) is 0. The summed E-state index contributed by atoms with van der Waals surface area (Å²) in [6.45, 7) is 0. The van der Waals surface area contributed by atoms with Gasteiger partial charge in [0.25, 0.3) is 0 Å². The van der Waals surface area contributed by atoms with Gasteiger partial charge < -0.3 is 5.73 Å². The van der Waals surface area contributed by atoms with Crippen LogP contribution in [0.3, 0.4) is 0 Å². The van der Waals surface area contributed by atoms with Gasteiger partial charge in [0.1, 0.15) is 17.5 Å². The summed E-state index contributed by atoms with van der Waals surface area (Å²) in [5, 5.41) is 10.0. The number of nitrogen functional groups attached to an aromatic ring is 1. The first-order chi connectivity index (χ1) is 9.70. The number of aromatic nitrogens is 1. The number of pyridine rings is 1. The van der Waals surface area contributed by atoms with Gasteiger partial charge in [0.2, 0.25) is 0 Å². The zero-order chi connectivity index (χ0) is 14.1. The second-order valence-electron chi connectivity index (χ2n) is 4.40. The highest BCUT2D eigenvalue weighted by Gasteiger charge is 2.11. The van der Waals surface area contributed by atoms with Gasteiger partial charge in [-0.3, -0.25) is 0 Å². The van der Waals surface area contributed by atoms with E-state index >= 15 is 0 Å². The Bertz CT molecular complexity index is 836. The quantitative estimate of drug-likeness (QED) is 0.732. The molecule has 3 rings (SSSR count). The highest BCUT2D eigenvalue weighted by atomic mass is 79.9. The summed E-state index contributed by atoms with van der Waals surface area (Å²) in [4.78, 5) is 4.27. The maximum absolute atomic E-state index is 9.15. The maximum atomic E-state index is 9.15. The molecule has 2 N–H and O–H groups in total. The largest absolute Gasteiger partial charge is 0.383 e. The molecule has 0 saturated heterocycles. The van der Waals surface area contributed by atoms with Crippen LogP contribution in [0.2, 0.25) is 0 Å². The normalized spacial score (nSPS) is 10.4. The Hall–Kier alpha value is -2.38. The lowest BCUT2D eigenvalue weighted by Crippen LogP contribution is -1.97. The van der Waals surface area contributed by atoms with Crippen molar-refractivity contribution in [2.24, 2.45) is 0 Å². The van der Waals surface area contributed by atoms with Crippen LogP contribution in [0.4, 0.5) is 5.82 Å².